The van der Waals surface area contributed by atoms with Crippen LogP contribution in [0.5, 0.6) is 5.75 Å². The first-order valence-electron chi connectivity index (χ1n) is 7.87. The van der Waals surface area contributed by atoms with Gasteiger partial charge in [0.2, 0.25) is 0 Å². The van der Waals surface area contributed by atoms with Gasteiger partial charge in [0.1, 0.15) is 5.75 Å². The minimum Gasteiger partial charge on any atom is -0.507 e. The number of anilines is 1. The van der Waals surface area contributed by atoms with E-state index in [0.717, 1.165) is 29.7 Å². The van der Waals surface area contributed by atoms with Crippen molar-refractivity contribution in [3.63, 3.8) is 0 Å². The first-order valence-corrected chi connectivity index (χ1v) is 7.87. The third kappa shape index (κ3) is 2.99. The molecule has 21 heavy (non-hydrogen) atoms. The molecule has 2 aliphatic rings. The first-order chi connectivity index (χ1) is 9.87. The van der Waals surface area contributed by atoms with Crippen molar-refractivity contribution in [3.05, 3.63) is 23.3 Å². The third-order valence-corrected chi connectivity index (χ3v) is 4.55. The highest BCUT2D eigenvalue weighted by Gasteiger charge is 2.36. The Morgan fingerprint density at radius 2 is 2.00 bits per heavy atom. The number of nitrogens with zero attached hydrogens (tertiary/aromatic N) is 1. The molecule has 116 valence electrons. The molecule has 0 atom stereocenters. The van der Waals surface area contributed by atoms with Crippen molar-refractivity contribution in [2.45, 2.75) is 57.3 Å². The number of aromatic hydroxyl groups is 1. The lowest BCUT2D eigenvalue weighted by atomic mass is 9.95. The molecule has 0 unspecified atom stereocenters. The highest BCUT2D eigenvalue weighted by Crippen LogP contribution is 2.48. The Kier molecular flexibility index (Phi) is 3.58. The smallest absolute Gasteiger partial charge is 0.265 e. The van der Waals surface area contributed by atoms with Crippen LogP contribution in [-0.2, 0) is 0 Å². The standard InChI is InChI=1S/C17H23F2NO/c1-11(2)14-8-13(9-15(16(14)21)12-4-5-12)20-7-3-6-17(18,19)10-20/h8-9,11-12,21H,3-7,10H2,1-2H3. The molecule has 1 aliphatic heterocycles. The van der Waals surface area contributed by atoms with E-state index in [1.165, 1.54) is 0 Å². The van der Waals surface area contributed by atoms with Gasteiger partial charge < -0.3 is 10.0 Å². The second kappa shape index (κ2) is 5.15. The second-order valence-electron chi connectivity index (χ2n) is 6.78. The van der Waals surface area contributed by atoms with Crippen molar-refractivity contribution in [3.8, 4) is 5.75 Å². The van der Waals surface area contributed by atoms with Crippen LogP contribution in [0.25, 0.3) is 0 Å². The molecule has 1 aliphatic carbocycles. The normalized spacial score (nSPS) is 21.9. The van der Waals surface area contributed by atoms with Gasteiger partial charge in [-0.05, 0) is 54.4 Å². The van der Waals surface area contributed by atoms with Crippen LogP contribution in [-0.4, -0.2) is 24.1 Å². The van der Waals surface area contributed by atoms with E-state index in [9.17, 15) is 13.9 Å². The molecule has 1 heterocycles. The SMILES string of the molecule is CC(C)c1cc(N2CCCC(F)(F)C2)cc(C2CC2)c1O. The van der Waals surface area contributed by atoms with E-state index < -0.39 is 5.92 Å². The number of benzene rings is 1. The number of halogens is 2. The van der Waals surface area contributed by atoms with Gasteiger partial charge in [-0.25, -0.2) is 8.78 Å². The van der Waals surface area contributed by atoms with Gasteiger partial charge in [-0.2, -0.15) is 0 Å². The Morgan fingerprint density at radius 3 is 2.57 bits per heavy atom. The van der Waals surface area contributed by atoms with Crippen LogP contribution in [0.3, 0.4) is 0 Å². The van der Waals surface area contributed by atoms with Gasteiger partial charge in [0.05, 0.1) is 6.54 Å². The summed E-state index contributed by atoms with van der Waals surface area (Å²) in [7, 11) is 0. The monoisotopic (exact) mass is 295 g/mol. The summed E-state index contributed by atoms with van der Waals surface area (Å²) >= 11 is 0. The highest BCUT2D eigenvalue weighted by atomic mass is 19.3. The molecule has 0 bridgehead atoms. The summed E-state index contributed by atoms with van der Waals surface area (Å²) in [5, 5.41) is 10.4. The molecule has 0 spiro atoms. The zero-order chi connectivity index (χ0) is 15.2. The Morgan fingerprint density at radius 1 is 1.29 bits per heavy atom. The lowest BCUT2D eigenvalue weighted by molar-refractivity contribution is -0.0116. The van der Waals surface area contributed by atoms with Gasteiger partial charge in [0.15, 0.2) is 0 Å². The van der Waals surface area contributed by atoms with Crippen LogP contribution in [0.1, 0.15) is 62.5 Å². The molecule has 0 aromatic heterocycles. The Hall–Kier alpha value is -1.32. The molecule has 1 aromatic rings. The maximum atomic E-state index is 13.7. The maximum Gasteiger partial charge on any atom is 0.265 e. The molecule has 3 rings (SSSR count). The van der Waals surface area contributed by atoms with E-state index in [2.05, 4.69) is 0 Å². The van der Waals surface area contributed by atoms with Gasteiger partial charge in [-0.3, -0.25) is 0 Å². The number of piperidine rings is 1. The first kappa shape index (κ1) is 14.6. The number of rotatable bonds is 3. The summed E-state index contributed by atoms with van der Waals surface area (Å²) < 4.78 is 27.3. The minimum atomic E-state index is -2.60. The van der Waals surface area contributed by atoms with Gasteiger partial charge >= 0.3 is 0 Å². The van der Waals surface area contributed by atoms with Crippen molar-refractivity contribution in [2.75, 3.05) is 18.0 Å². The van der Waals surface area contributed by atoms with E-state index in [1.54, 1.807) is 4.90 Å². The lowest BCUT2D eigenvalue weighted by Gasteiger charge is -2.35. The number of alkyl halides is 2. The zero-order valence-electron chi connectivity index (χ0n) is 12.7. The molecule has 1 N–H and O–H groups in total. The summed E-state index contributed by atoms with van der Waals surface area (Å²) in [6.07, 6.45) is 2.67. The Bertz CT molecular complexity index is 515. The molecule has 0 radical (unpaired) electrons. The predicted octanol–water partition coefficient (Wildman–Crippen LogP) is 4.63. The maximum absolute atomic E-state index is 13.7. The van der Waals surface area contributed by atoms with Crippen LogP contribution in [0.2, 0.25) is 0 Å². The fraction of sp³-hybridized carbons (Fsp3) is 0.647. The van der Waals surface area contributed by atoms with E-state index in [4.69, 9.17) is 0 Å². The third-order valence-electron chi connectivity index (χ3n) is 4.55. The fourth-order valence-electron chi connectivity index (χ4n) is 3.18. The van der Waals surface area contributed by atoms with Crippen molar-refractivity contribution in [2.24, 2.45) is 0 Å². The molecule has 4 heteroatoms. The quantitative estimate of drug-likeness (QED) is 0.879. The average Bonchev–Trinajstić information content (AvgIpc) is 3.21. The minimum absolute atomic E-state index is 0.0197. The molecule has 0 amide bonds. The largest absolute Gasteiger partial charge is 0.507 e. The Balaban J connectivity index is 1.98. The van der Waals surface area contributed by atoms with Crippen LogP contribution in [0, 0.1) is 0 Å². The molecule has 1 aromatic carbocycles. The van der Waals surface area contributed by atoms with Gasteiger partial charge in [0, 0.05) is 18.7 Å². The lowest BCUT2D eigenvalue weighted by Crippen LogP contribution is -2.42. The second-order valence-corrected chi connectivity index (χ2v) is 6.78. The van der Waals surface area contributed by atoms with E-state index in [1.807, 2.05) is 26.0 Å². The van der Waals surface area contributed by atoms with Gasteiger partial charge in [-0.15, -0.1) is 0 Å². The topological polar surface area (TPSA) is 23.5 Å². The zero-order valence-corrected chi connectivity index (χ0v) is 12.7. The summed E-state index contributed by atoms with van der Waals surface area (Å²) in [6, 6.07) is 3.83. The molecule has 2 nitrogen and oxygen atoms in total. The summed E-state index contributed by atoms with van der Waals surface area (Å²) in [5.74, 6) is -1.63. The van der Waals surface area contributed by atoms with Crippen LogP contribution in [0.4, 0.5) is 14.5 Å². The number of phenols is 1. The van der Waals surface area contributed by atoms with Crippen molar-refractivity contribution >= 4 is 5.69 Å². The summed E-state index contributed by atoms with van der Waals surface area (Å²) in [5.41, 5.74) is 2.67. The predicted molar refractivity (Wildman–Crippen MR) is 80.6 cm³/mol. The summed E-state index contributed by atoms with van der Waals surface area (Å²) in [6.45, 7) is 4.52. The number of phenolic OH excluding ortho intramolecular Hbond substituents is 1. The average molecular weight is 295 g/mol. The summed E-state index contributed by atoms with van der Waals surface area (Å²) in [4.78, 5) is 1.78. The van der Waals surface area contributed by atoms with Crippen LogP contribution in [0.15, 0.2) is 12.1 Å². The van der Waals surface area contributed by atoms with E-state index in [0.29, 0.717) is 24.6 Å². The fourth-order valence-corrected chi connectivity index (χ4v) is 3.18. The van der Waals surface area contributed by atoms with E-state index >= 15 is 0 Å². The number of hydrogen-bond donors (Lipinski definition) is 1. The van der Waals surface area contributed by atoms with Crippen molar-refractivity contribution < 1.29 is 13.9 Å². The molecular formula is C17H23F2NO. The molecule has 1 saturated carbocycles. The highest BCUT2D eigenvalue weighted by molar-refractivity contribution is 5.59. The van der Waals surface area contributed by atoms with Gasteiger partial charge in [-0.1, -0.05) is 13.8 Å². The van der Waals surface area contributed by atoms with Gasteiger partial charge in [0.25, 0.3) is 5.92 Å². The molecular weight excluding hydrogens is 272 g/mol. The molecule has 2 fully saturated rings. The molecule has 1 saturated heterocycles. The van der Waals surface area contributed by atoms with Crippen molar-refractivity contribution in [1.29, 1.82) is 0 Å². The Labute approximate surface area is 124 Å². The van der Waals surface area contributed by atoms with Crippen LogP contribution >= 0.6 is 0 Å². The number of hydrogen-bond acceptors (Lipinski definition) is 2. The van der Waals surface area contributed by atoms with Crippen molar-refractivity contribution in [1.82, 2.24) is 0 Å². The van der Waals surface area contributed by atoms with E-state index in [-0.39, 0.29) is 18.9 Å². The van der Waals surface area contributed by atoms with Crippen LogP contribution < -0.4 is 4.90 Å².